The monoisotopic (exact) mass is 216 g/mol. The molecule has 72 valence electrons. The van der Waals surface area contributed by atoms with E-state index in [1.165, 1.54) is 11.3 Å². The Kier molecular flexibility index (Phi) is 4.46. The van der Waals surface area contributed by atoms with Gasteiger partial charge in [0.1, 0.15) is 0 Å². The van der Waals surface area contributed by atoms with Gasteiger partial charge in [0, 0.05) is 6.42 Å². The number of carbonyl (C=O) groups excluding carboxylic acids is 1. The molecule has 0 spiro atoms. The van der Waals surface area contributed by atoms with Gasteiger partial charge in [0.2, 0.25) is 0 Å². The minimum absolute atomic E-state index is 0.188. The van der Waals surface area contributed by atoms with Crippen LogP contribution in [0.25, 0.3) is 0 Å². The maximum atomic E-state index is 11.5. The number of hydrogen-bond acceptors (Lipinski definition) is 2. The summed E-state index contributed by atoms with van der Waals surface area (Å²) in [5.74, 6) is 0.188. The Labute approximate surface area is 87.7 Å². The number of hydrogen-bond donors (Lipinski definition) is 0. The van der Waals surface area contributed by atoms with Crippen LogP contribution in [-0.4, -0.2) is 5.78 Å². The molecule has 0 aliphatic carbocycles. The molecule has 0 amide bonds. The average molecular weight is 217 g/mol. The van der Waals surface area contributed by atoms with E-state index < -0.39 is 0 Å². The molecule has 0 aromatic carbocycles. The van der Waals surface area contributed by atoms with Crippen LogP contribution in [0.5, 0.6) is 0 Å². The van der Waals surface area contributed by atoms with Crippen molar-refractivity contribution in [2.75, 3.05) is 0 Å². The Morgan fingerprint density at radius 2 is 2.31 bits per heavy atom. The zero-order valence-corrected chi connectivity index (χ0v) is 9.25. The maximum absolute atomic E-state index is 11.5. The lowest BCUT2D eigenvalue weighted by molar-refractivity contribution is 0.0983. The highest BCUT2D eigenvalue weighted by molar-refractivity contribution is 7.12. The Bertz CT molecular complexity index is 280. The minimum atomic E-state index is 0.188. The van der Waals surface area contributed by atoms with Crippen molar-refractivity contribution in [3.63, 3.8) is 0 Å². The van der Waals surface area contributed by atoms with Gasteiger partial charge in [0.25, 0.3) is 0 Å². The van der Waals surface area contributed by atoms with E-state index in [9.17, 15) is 4.79 Å². The summed E-state index contributed by atoms with van der Waals surface area (Å²) in [6, 6.07) is 1.78. The molecule has 0 bridgehead atoms. The molecule has 13 heavy (non-hydrogen) atoms. The Hall–Kier alpha value is -0.340. The van der Waals surface area contributed by atoms with Crippen LogP contribution in [0, 0.1) is 0 Å². The van der Waals surface area contributed by atoms with Crippen molar-refractivity contribution in [1.29, 1.82) is 0 Å². The van der Waals surface area contributed by atoms with Gasteiger partial charge in [0.05, 0.1) is 9.90 Å². The van der Waals surface area contributed by atoms with E-state index in [1.54, 1.807) is 6.07 Å². The van der Waals surface area contributed by atoms with Gasteiger partial charge in [-0.3, -0.25) is 4.79 Å². The molecule has 0 aliphatic heterocycles. The highest BCUT2D eigenvalue weighted by Crippen LogP contribution is 2.24. The Morgan fingerprint density at radius 3 is 2.85 bits per heavy atom. The molecule has 1 heterocycles. The first-order valence-corrected chi connectivity index (χ1v) is 5.77. The number of rotatable bonds is 5. The largest absolute Gasteiger partial charge is 0.293 e. The fourth-order valence-electron chi connectivity index (χ4n) is 1.14. The molecule has 1 nitrogen and oxygen atoms in total. The first-order chi connectivity index (χ1) is 6.25. The summed E-state index contributed by atoms with van der Waals surface area (Å²) >= 11 is 7.27. The molecule has 0 saturated heterocycles. The molecule has 0 atom stereocenters. The molecule has 1 aromatic heterocycles. The Morgan fingerprint density at radius 1 is 1.54 bits per heavy atom. The summed E-state index contributed by atoms with van der Waals surface area (Å²) in [5, 5.41) is 2.46. The highest BCUT2D eigenvalue weighted by Gasteiger charge is 2.10. The first kappa shape index (κ1) is 10.7. The SMILES string of the molecule is CCCCCC(=O)c1sccc1Cl. The van der Waals surface area contributed by atoms with Crippen molar-refractivity contribution in [2.24, 2.45) is 0 Å². The van der Waals surface area contributed by atoms with Gasteiger partial charge in [-0.15, -0.1) is 11.3 Å². The fourth-order valence-corrected chi connectivity index (χ4v) is 2.27. The molecular formula is C10H13ClOS. The third-order valence-corrected chi connectivity index (χ3v) is 3.26. The van der Waals surface area contributed by atoms with E-state index in [-0.39, 0.29) is 5.78 Å². The Balaban J connectivity index is 2.45. The zero-order valence-electron chi connectivity index (χ0n) is 7.68. The van der Waals surface area contributed by atoms with Crippen LogP contribution in [0.4, 0.5) is 0 Å². The summed E-state index contributed by atoms with van der Waals surface area (Å²) < 4.78 is 0. The number of carbonyl (C=O) groups is 1. The van der Waals surface area contributed by atoms with Crippen molar-refractivity contribution in [3.05, 3.63) is 21.3 Å². The van der Waals surface area contributed by atoms with Crippen molar-refractivity contribution >= 4 is 28.7 Å². The lowest BCUT2D eigenvalue weighted by atomic mass is 10.1. The maximum Gasteiger partial charge on any atom is 0.174 e. The molecule has 0 radical (unpaired) electrons. The molecule has 0 N–H and O–H groups in total. The number of Topliss-reactive ketones (excluding diaryl/α,β-unsaturated/α-hetero) is 1. The zero-order chi connectivity index (χ0) is 9.68. The first-order valence-electron chi connectivity index (χ1n) is 4.52. The normalized spacial score (nSPS) is 10.3. The summed E-state index contributed by atoms with van der Waals surface area (Å²) in [7, 11) is 0. The lowest BCUT2D eigenvalue weighted by Gasteiger charge is -1.97. The summed E-state index contributed by atoms with van der Waals surface area (Å²) in [4.78, 5) is 12.2. The van der Waals surface area contributed by atoms with Gasteiger partial charge in [-0.2, -0.15) is 0 Å². The second-order valence-corrected chi connectivity index (χ2v) is 4.30. The van der Waals surface area contributed by atoms with Crippen molar-refractivity contribution in [3.8, 4) is 0 Å². The minimum Gasteiger partial charge on any atom is -0.293 e. The third-order valence-electron chi connectivity index (χ3n) is 1.88. The quantitative estimate of drug-likeness (QED) is 0.534. The number of unbranched alkanes of at least 4 members (excludes halogenated alkanes) is 2. The second-order valence-electron chi connectivity index (χ2n) is 2.98. The number of halogens is 1. The van der Waals surface area contributed by atoms with Crippen LogP contribution in [0.15, 0.2) is 11.4 Å². The van der Waals surface area contributed by atoms with E-state index >= 15 is 0 Å². The highest BCUT2D eigenvalue weighted by atomic mass is 35.5. The molecule has 0 saturated carbocycles. The molecule has 3 heteroatoms. The molecule has 0 aliphatic rings. The van der Waals surface area contributed by atoms with Crippen LogP contribution in [0.1, 0.15) is 42.3 Å². The van der Waals surface area contributed by atoms with E-state index in [4.69, 9.17) is 11.6 Å². The topological polar surface area (TPSA) is 17.1 Å². The predicted molar refractivity (Wildman–Crippen MR) is 57.8 cm³/mol. The van der Waals surface area contributed by atoms with E-state index in [1.807, 2.05) is 5.38 Å². The van der Waals surface area contributed by atoms with Crippen LogP contribution < -0.4 is 0 Å². The van der Waals surface area contributed by atoms with Gasteiger partial charge in [-0.1, -0.05) is 31.4 Å². The molecule has 0 fully saturated rings. The summed E-state index contributed by atoms with van der Waals surface area (Å²) in [5.41, 5.74) is 0. The van der Waals surface area contributed by atoms with Gasteiger partial charge in [0.15, 0.2) is 5.78 Å². The lowest BCUT2D eigenvalue weighted by Crippen LogP contribution is -1.95. The van der Waals surface area contributed by atoms with E-state index in [0.717, 1.165) is 24.1 Å². The van der Waals surface area contributed by atoms with Gasteiger partial charge in [-0.05, 0) is 17.9 Å². The summed E-state index contributed by atoms with van der Waals surface area (Å²) in [6.07, 6.45) is 3.87. The van der Waals surface area contributed by atoms with Gasteiger partial charge >= 0.3 is 0 Å². The smallest absolute Gasteiger partial charge is 0.174 e. The van der Waals surface area contributed by atoms with Crippen LogP contribution in [0.2, 0.25) is 5.02 Å². The van der Waals surface area contributed by atoms with Gasteiger partial charge < -0.3 is 0 Å². The molecule has 1 aromatic rings. The van der Waals surface area contributed by atoms with Gasteiger partial charge in [-0.25, -0.2) is 0 Å². The predicted octanol–water partition coefficient (Wildman–Crippen LogP) is 4.16. The third kappa shape index (κ3) is 3.12. The number of thiophene rings is 1. The van der Waals surface area contributed by atoms with Crippen LogP contribution >= 0.6 is 22.9 Å². The fraction of sp³-hybridized carbons (Fsp3) is 0.500. The van der Waals surface area contributed by atoms with Crippen LogP contribution in [-0.2, 0) is 0 Å². The van der Waals surface area contributed by atoms with Crippen LogP contribution in [0.3, 0.4) is 0 Å². The second kappa shape index (κ2) is 5.40. The van der Waals surface area contributed by atoms with E-state index in [0.29, 0.717) is 11.4 Å². The van der Waals surface area contributed by atoms with E-state index in [2.05, 4.69) is 6.92 Å². The molecular weight excluding hydrogens is 204 g/mol. The van der Waals surface area contributed by atoms with Crippen molar-refractivity contribution < 1.29 is 4.79 Å². The summed E-state index contributed by atoms with van der Waals surface area (Å²) in [6.45, 7) is 2.13. The average Bonchev–Trinajstić information content (AvgIpc) is 2.52. The number of ketones is 1. The van der Waals surface area contributed by atoms with Crippen molar-refractivity contribution in [2.45, 2.75) is 32.6 Å². The van der Waals surface area contributed by atoms with Crippen molar-refractivity contribution in [1.82, 2.24) is 0 Å². The molecule has 1 rings (SSSR count). The molecule has 0 unspecified atom stereocenters. The standard InChI is InChI=1S/C10H13ClOS/c1-2-3-4-5-9(12)10-8(11)6-7-13-10/h6-7H,2-5H2,1H3.